The minimum absolute atomic E-state index is 0.618. The molecule has 2 aromatic carbocycles. The number of halogens is 1. The van der Waals surface area contributed by atoms with E-state index in [0.717, 1.165) is 15.7 Å². The van der Waals surface area contributed by atoms with Gasteiger partial charge in [0.15, 0.2) is 5.92 Å². The van der Waals surface area contributed by atoms with E-state index >= 15 is 0 Å². The zero-order valence-electron chi connectivity index (χ0n) is 13.4. The van der Waals surface area contributed by atoms with Crippen LogP contribution in [0.2, 0.25) is 0 Å². The average molecular weight is 392 g/mol. The highest BCUT2D eigenvalue weighted by Gasteiger charge is 2.38. The second-order valence-corrected chi connectivity index (χ2v) is 5.98. The summed E-state index contributed by atoms with van der Waals surface area (Å²) in [5, 5.41) is 3.23. The summed E-state index contributed by atoms with van der Waals surface area (Å²) < 4.78 is 10.5. The number of benzene rings is 2. The van der Waals surface area contributed by atoms with Crippen molar-refractivity contribution in [1.29, 1.82) is 0 Å². The Morgan fingerprint density at radius 1 is 0.917 bits per heavy atom. The van der Waals surface area contributed by atoms with Crippen LogP contribution in [0.25, 0.3) is 0 Å². The summed E-state index contributed by atoms with van der Waals surface area (Å²) in [6.45, 7) is 0. The lowest BCUT2D eigenvalue weighted by Gasteiger charge is -2.26. The maximum atomic E-state index is 12.2. The van der Waals surface area contributed by atoms with Crippen molar-refractivity contribution in [3.63, 3.8) is 0 Å². The molecule has 0 fully saturated rings. The Kier molecular flexibility index (Phi) is 6.37. The number of ether oxygens (including phenoxy) is 2. The number of hydrogen-bond acceptors (Lipinski definition) is 5. The lowest BCUT2D eigenvalue weighted by Crippen LogP contribution is -2.35. The molecule has 2 aromatic rings. The molecule has 6 heteroatoms. The number of anilines is 1. The van der Waals surface area contributed by atoms with Crippen LogP contribution in [0, 0.1) is 5.92 Å². The minimum Gasteiger partial charge on any atom is -0.468 e. The molecule has 0 amide bonds. The summed E-state index contributed by atoms with van der Waals surface area (Å²) in [7, 11) is 2.50. The Morgan fingerprint density at radius 3 is 1.96 bits per heavy atom. The van der Waals surface area contributed by atoms with Gasteiger partial charge in [-0.1, -0.05) is 46.3 Å². The van der Waals surface area contributed by atoms with Crippen LogP contribution in [0.1, 0.15) is 11.6 Å². The van der Waals surface area contributed by atoms with Crippen molar-refractivity contribution in [1.82, 2.24) is 0 Å². The molecule has 2 rings (SSSR count). The molecule has 0 aliphatic carbocycles. The fraction of sp³-hybridized carbons (Fsp3) is 0.222. The molecule has 1 N–H and O–H groups in total. The van der Waals surface area contributed by atoms with Crippen LogP contribution >= 0.6 is 15.9 Å². The number of rotatable bonds is 6. The number of nitrogens with one attached hydrogen (secondary N) is 1. The normalized spacial score (nSPS) is 11.7. The topological polar surface area (TPSA) is 64.6 Å². The molecule has 0 bridgehead atoms. The summed E-state index contributed by atoms with van der Waals surface area (Å²) in [5.74, 6) is -2.42. The smallest absolute Gasteiger partial charge is 0.322 e. The molecule has 0 saturated heterocycles. The predicted octanol–water partition coefficient (Wildman–Crippen LogP) is 3.56. The van der Waals surface area contributed by atoms with Gasteiger partial charge in [0.2, 0.25) is 0 Å². The maximum Gasteiger partial charge on any atom is 0.322 e. The van der Waals surface area contributed by atoms with E-state index in [1.54, 1.807) is 0 Å². The van der Waals surface area contributed by atoms with Gasteiger partial charge in [-0.25, -0.2) is 0 Å². The van der Waals surface area contributed by atoms with Crippen LogP contribution < -0.4 is 5.32 Å². The molecule has 5 nitrogen and oxygen atoms in total. The largest absolute Gasteiger partial charge is 0.468 e. The first-order valence-corrected chi connectivity index (χ1v) is 8.09. The van der Waals surface area contributed by atoms with E-state index in [4.69, 9.17) is 9.47 Å². The monoisotopic (exact) mass is 391 g/mol. The lowest BCUT2D eigenvalue weighted by molar-refractivity contribution is -0.159. The van der Waals surface area contributed by atoms with Crippen LogP contribution in [0.4, 0.5) is 5.69 Å². The van der Waals surface area contributed by atoms with Gasteiger partial charge in [-0.3, -0.25) is 9.59 Å². The molecular weight excluding hydrogens is 374 g/mol. The summed E-state index contributed by atoms with van der Waals surface area (Å²) in [6, 6.07) is 16.1. The van der Waals surface area contributed by atoms with Gasteiger partial charge < -0.3 is 14.8 Å². The SMILES string of the molecule is COC(=O)C(C(=O)OC)[C@H](Nc1ccc(Br)cc1)c1ccccc1. The molecule has 0 aliphatic heterocycles. The molecule has 24 heavy (non-hydrogen) atoms. The first-order valence-electron chi connectivity index (χ1n) is 7.29. The van der Waals surface area contributed by atoms with E-state index in [9.17, 15) is 9.59 Å². The van der Waals surface area contributed by atoms with Crippen molar-refractivity contribution in [2.45, 2.75) is 6.04 Å². The van der Waals surface area contributed by atoms with Gasteiger partial charge in [-0.05, 0) is 29.8 Å². The van der Waals surface area contributed by atoms with Crippen molar-refractivity contribution in [3.05, 3.63) is 64.6 Å². The van der Waals surface area contributed by atoms with Gasteiger partial charge in [0.25, 0.3) is 0 Å². The summed E-state index contributed by atoms with van der Waals surface area (Å²) in [5.41, 5.74) is 1.55. The van der Waals surface area contributed by atoms with Crippen LogP contribution in [0.3, 0.4) is 0 Å². The molecule has 1 atom stereocenters. The molecule has 0 saturated carbocycles. The third kappa shape index (κ3) is 4.35. The van der Waals surface area contributed by atoms with Gasteiger partial charge in [0.05, 0.1) is 20.3 Å². The molecule has 126 valence electrons. The number of carbonyl (C=O) groups is 2. The van der Waals surface area contributed by atoms with Crippen LogP contribution in [0.5, 0.6) is 0 Å². The fourth-order valence-corrected chi connectivity index (χ4v) is 2.63. The van der Waals surface area contributed by atoms with E-state index in [0.29, 0.717) is 0 Å². The van der Waals surface area contributed by atoms with E-state index < -0.39 is 23.9 Å². The highest BCUT2D eigenvalue weighted by molar-refractivity contribution is 9.10. The summed E-state index contributed by atoms with van der Waals surface area (Å²) >= 11 is 3.38. The standard InChI is InChI=1S/C18H18BrNO4/c1-23-17(21)15(18(22)24-2)16(12-6-4-3-5-7-12)20-14-10-8-13(19)9-11-14/h3-11,15-16,20H,1-2H3/t16-/m1/s1. The Labute approximate surface area is 149 Å². The van der Waals surface area contributed by atoms with Gasteiger partial charge in [0.1, 0.15) is 0 Å². The molecule has 0 heterocycles. The van der Waals surface area contributed by atoms with Gasteiger partial charge >= 0.3 is 11.9 Å². The van der Waals surface area contributed by atoms with Crippen molar-refractivity contribution < 1.29 is 19.1 Å². The third-order valence-electron chi connectivity index (χ3n) is 3.57. The van der Waals surface area contributed by atoms with Gasteiger partial charge in [0, 0.05) is 10.2 Å². The van der Waals surface area contributed by atoms with Crippen LogP contribution in [0.15, 0.2) is 59.1 Å². The molecule has 0 spiro atoms. The van der Waals surface area contributed by atoms with Crippen LogP contribution in [-0.2, 0) is 19.1 Å². The number of esters is 2. The van der Waals surface area contributed by atoms with E-state index in [1.807, 2.05) is 54.6 Å². The Morgan fingerprint density at radius 2 is 1.46 bits per heavy atom. The van der Waals surface area contributed by atoms with E-state index in [-0.39, 0.29) is 0 Å². The Hall–Kier alpha value is -2.34. The minimum atomic E-state index is -1.12. The van der Waals surface area contributed by atoms with E-state index in [1.165, 1.54) is 14.2 Å². The maximum absolute atomic E-state index is 12.2. The summed E-state index contributed by atoms with van der Waals surface area (Å²) in [4.78, 5) is 24.4. The van der Waals surface area contributed by atoms with Crippen LogP contribution in [-0.4, -0.2) is 26.2 Å². The summed E-state index contributed by atoms with van der Waals surface area (Å²) in [6.07, 6.45) is 0. The van der Waals surface area contributed by atoms with Gasteiger partial charge in [-0.15, -0.1) is 0 Å². The van der Waals surface area contributed by atoms with Crippen molar-refractivity contribution >= 4 is 33.6 Å². The highest BCUT2D eigenvalue weighted by Crippen LogP contribution is 2.29. The molecule has 0 aromatic heterocycles. The predicted molar refractivity (Wildman–Crippen MR) is 94.5 cm³/mol. The first kappa shape index (κ1) is 18.0. The quantitative estimate of drug-likeness (QED) is 0.602. The second-order valence-electron chi connectivity index (χ2n) is 5.06. The zero-order valence-corrected chi connectivity index (χ0v) is 14.9. The number of hydrogen-bond donors (Lipinski definition) is 1. The third-order valence-corrected chi connectivity index (χ3v) is 4.10. The van der Waals surface area contributed by atoms with Crippen molar-refractivity contribution in [2.75, 3.05) is 19.5 Å². The number of carbonyl (C=O) groups excluding carboxylic acids is 2. The van der Waals surface area contributed by atoms with Crippen molar-refractivity contribution in [3.8, 4) is 0 Å². The highest BCUT2D eigenvalue weighted by atomic mass is 79.9. The molecule has 0 unspecified atom stereocenters. The van der Waals surface area contributed by atoms with Crippen molar-refractivity contribution in [2.24, 2.45) is 5.92 Å². The first-order chi connectivity index (χ1) is 11.6. The van der Waals surface area contributed by atoms with Gasteiger partial charge in [-0.2, -0.15) is 0 Å². The molecule has 0 radical (unpaired) electrons. The lowest BCUT2D eigenvalue weighted by atomic mass is 9.92. The Bertz CT molecular complexity index is 672. The number of methoxy groups -OCH3 is 2. The molecular formula is C18H18BrNO4. The van der Waals surface area contributed by atoms with E-state index in [2.05, 4.69) is 21.2 Å². The second kappa shape index (κ2) is 8.49. The average Bonchev–Trinajstić information content (AvgIpc) is 2.63. The zero-order chi connectivity index (χ0) is 17.5. The fourth-order valence-electron chi connectivity index (χ4n) is 2.37. The molecule has 0 aliphatic rings. The Balaban J connectivity index is 2.42.